The van der Waals surface area contributed by atoms with Gasteiger partial charge in [-0.15, -0.1) is 0 Å². The van der Waals surface area contributed by atoms with Crippen LogP contribution in [0.2, 0.25) is 0 Å². The molecule has 2 aliphatic rings. The Morgan fingerprint density at radius 1 is 1.32 bits per heavy atom. The molecule has 1 atom stereocenters. The van der Waals surface area contributed by atoms with Gasteiger partial charge < -0.3 is 14.9 Å². The molecule has 1 spiro atoms. The van der Waals surface area contributed by atoms with Crippen molar-refractivity contribution in [3.8, 4) is 0 Å². The van der Waals surface area contributed by atoms with Crippen molar-refractivity contribution >= 4 is 11.8 Å². The number of likely N-dealkylation sites (tertiary alicyclic amines) is 2. The summed E-state index contributed by atoms with van der Waals surface area (Å²) >= 11 is 0. The molecule has 1 aromatic rings. The van der Waals surface area contributed by atoms with E-state index in [1.54, 1.807) is 4.90 Å². The van der Waals surface area contributed by atoms with E-state index in [-0.39, 0.29) is 18.4 Å². The van der Waals surface area contributed by atoms with E-state index in [2.05, 4.69) is 10.2 Å². The number of hydrogen-bond acceptors (Lipinski definition) is 4. The molecule has 0 aromatic carbocycles. The average molecular weight is 348 g/mol. The van der Waals surface area contributed by atoms with Crippen LogP contribution in [0.25, 0.3) is 0 Å². The standard InChI is InChI=1S/C18H28N4O3/c1-13-14(2)19-20-15(13)4-5-16(24)22-9-7-18(12-22)6-3-8-21(10-11-23)17(18)25/h23H,3-12H2,1-2H3,(H,19,20). The maximum absolute atomic E-state index is 12.8. The summed E-state index contributed by atoms with van der Waals surface area (Å²) in [4.78, 5) is 29.0. The molecule has 2 fully saturated rings. The topological polar surface area (TPSA) is 89.5 Å². The Morgan fingerprint density at radius 3 is 2.80 bits per heavy atom. The first kappa shape index (κ1) is 17.9. The van der Waals surface area contributed by atoms with E-state index in [4.69, 9.17) is 5.11 Å². The highest BCUT2D eigenvalue weighted by Gasteiger charge is 2.49. The lowest BCUT2D eigenvalue weighted by Crippen LogP contribution is -2.51. The van der Waals surface area contributed by atoms with E-state index in [9.17, 15) is 9.59 Å². The molecule has 2 aliphatic heterocycles. The number of H-pyrrole nitrogens is 1. The highest BCUT2D eigenvalue weighted by molar-refractivity contribution is 5.86. The van der Waals surface area contributed by atoms with E-state index < -0.39 is 5.41 Å². The summed E-state index contributed by atoms with van der Waals surface area (Å²) in [7, 11) is 0. The van der Waals surface area contributed by atoms with Gasteiger partial charge in [-0.2, -0.15) is 5.10 Å². The number of nitrogens with one attached hydrogen (secondary N) is 1. The van der Waals surface area contributed by atoms with Crippen LogP contribution < -0.4 is 0 Å². The predicted molar refractivity (Wildman–Crippen MR) is 92.9 cm³/mol. The first-order chi connectivity index (χ1) is 12.0. The van der Waals surface area contributed by atoms with Gasteiger partial charge in [-0.3, -0.25) is 14.7 Å². The van der Waals surface area contributed by atoms with Gasteiger partial charge in [0.05, 0.1) is 17.7 Å². The number of aromatic nitrogens is 2. The highest BCUT2D eigenvalue weighted by Crippen LogP contribution is 2.40. The number of β-amino-alcohol motifs (C(OH)–C–C–N with tert-alkyl or cyclic N) is 1. The van der Waals surface area contributed by atoms with Gasteiger partial charge in [0, 0.05) is 44.7 Å². The van der Waals surface area contributed by atoms with Crippen LogP contribution in [-0.2, 0) is 16.0 Å². The van der Waals surface area contributed by atoms with Crippen LogP contribution in [0.15, 0.2) is 0 Å². The number of aliphatic hydroxyl groups is 1. The third-order valence-electron chi connectivity index (χ3n) is 5.83. The fourth-order valence-electron chi connectivity index (χ4n) is 4.11. The number of aliphatic hydroxyl groups excluding tert-OH is 1. The predicted octanol–water partition coefficient (Wildman–Crippen LogP) is 0.793. The van der Waals surface area contributed by atoms with Gasteiger partial charge >= 0.3 is 0 Å². The smallest absolute Gasteiger partial charge is 0.230 e. The van der Waals surface area contributed by atoms with E-state index in [1.807, 2.05) is 18.7 Å². The molecule has 3 heterocycles. The van der Waals surface area contributed by atoms with Crippen molar-refractivity contribution in [2.24, 2.45) is 5.41 Å². The van der Waals surface area contributed by atoms with E-state index >= 15 is 0 Å². The summed E-state index contributed by atoms with van der Waals surface area (Å²) in [5.74, 6) is 0.214. The lowest BCUT2D eigenvalue weighted by molar-refractivity contribution is -0.146. The van der Waals surface area contributed by atoms with E-state index in [0.717, 1.165) is 36.2 Å². The molecule has 7 heteroatoms. The largest absolute Gasteiger partial charge is 0.395 e. The Bertz CT molecular complexity index is 655. The molecule has 2 N–H and O–H groups in total. The maximum atomic E-state index is 12.8. The average Bonchev–Trinajstić information content (AvgIpc) is 3.16. The number of amides is 2. The molecule has 138 valence electrons. The van der Waals surface area contributed by atoms with Crippen molar-refractivity contribution in [2.75, 3.05) is 32.8 Å². The Morgan fingerprint density at radius 2 is 2.12 bits per heavy atom. The van der Waals surface area contributed by atoms with Crippen molar-refractivity contribution in [3.05, 3.63) is 17.0 Å². The van der Waals surface area contributed by atoms with Gasteiger partial charge in [-0.1, -0.05) is 0 Å². The zero-order valence-electron chi connectivity index (χ0n) is 15.2. The Balaban J connectivity index is 1.59. The van der Waals surface area contributed by atoms with Gasteiger partial charge in [-0.05, 0) is 38.7 Å². The van der Waals surface area contributed by atoms with Crippen LogP contribution in [0.1, 0.15) is 42.6 Å². The van der Waals surface area contributed by atoms with Crippen molar-refractivity contribution in [2.45, 2.75) is 46.0 Å². The fourth-order valence-corrected chi connectivity index (χ4v) is 4.11. The second-order valence-electron chi connectivity index (χ2n) is 7.39. The lowest BCUT2D eigenvalue weighted by atomic mass is 9.78. The van der Waals surface area contributed by atoms with E-state index in [1.165, 1.54) is 0 Å². The first-order valence-electron chi connectivity index (χ1n) is 9.15. The van der Waals surface area contributed by atoms with Gasteiger partial charge in [-0.25, -0.2) is 0 Å². The number of carbonyl (C=O) groups excluding carboxylic acids is 2. The summed E-state index contributed by atoms with van der Waals surface area (Å²) in [6, 6.07) is 0. The fraction of sp³-hybridized carbons (Fsp3) is 0.722. The zero-order valence-corrected chi connectivity index (χ0v) is 15.2. The van der Waals surface area contributed by atoms with Gasteiger partial charge in [0.15, 0.2) is 0 Å². The molecular formula is C18H28N4O3. The van der Waals surface area contributed by atoms with Gasteiger partial charge in [0.25, 0.3) is 0 Å². The molecule has 7 nitrogen and oxygen atoms in total. The lowest BCUT2D eigenvalue weighted by Gasteiger charge is -2.39. The summed E-state index contributed by atoms with van der Waals surface area (Å²) < 4.78 is 0. The number of rotatable bonds is 5. The Kier molecular flexibility index (Phi) is 5.13. The maximum Gasteiger partial charge on any atom is 0.230 e. The zero-order chi connectivity index (χ0) is 18.0. The molecule has 2 saturated heterocycles. The van der Waals surface area contributed by atoms with Crippen LogP contribution in [0.3, 0.4) is 0 Å². The number of aryl methyl sites for hydroxylation is 2. The second-order valence-corrected chi connectivity index (χ2v) is 7.39. The normalized spacial score (nSPS) is 23.7. The summed E-state index contributed by atoms with van der Waals surface area (Å²) in [5.41, 5.74) is 2.68. The van der Waals surface area contributed by atoms with Gasteiger partial charge in [0.2, 0.25) is 11.8 Å². The number of piperidine rings is 1. The number of carbonyl (C=O) groups is 2. The molecular weight excluding hydrogens is 320 g/mol. The molecule has 2 amide bonds. The van der Waals surface area contributed by atoms with E-state index in [0.29, 0.717) is 39.0 Å². The minimum absolute atomic E-state index is 0.00705. The minimum Gasteiger partial charge on any atom is -0.395 e. The van der Waals surface area contributed by atoms with Gasteiger partial charge in [0.1, 0.15) is 0 Å². The van der Waals surface area contributed by atoms with Crippen LogP contribution in [0, 0.1) is 19.3 Å². The van der Waals surface area contributed by atoms with Crippen LogP contribution >= 0.6 is 0 Å². The molecule has 0 radical (unpaired) electrons. The van der Waals surface area contributed by atoms with Crippen molar-refractivity contribution in [1.82, 2.24) is 20.0 Å². The molecule has 1 aromatic heterocycles. The van der Waals surface area contributed by atoms with Crippen LogP contribution in [0.4, 0.5) is 0 Å². The second kappa shape index (κ2) is 7.15. The van der Waals surface area contributed by atoms with Crippen LogP contribution in [-0.4, -0.2) is 69.7 Å². The summed E-state index contributed by atoms with van der Waals surface area (Å²) in [6.45, 7) is 6.26. The molecule has 3 rings (SSSR count). The highest BCUT2D eigenvalue weighted by atomic mass is 16.3. The quantitative estimate of drug-likeness (QED) is 0.823. The summed E-state index contributed by atoms with van der Waals surface area (Å²) in [5, 5.41) is 16.4. The SMILES string of the molecule is Cc1[nH]nc(CCC(=O)N2CCC3(CCCN(CCO)C3=O)C2)c1C. The van der Waals surface area contributed by atoms with Crippen molar-refractivity contribution < 1.29 is 14.7 Å². The number of aromatic amines is 1. The molecule has 25 heavy (non-hydrogen) atoms. The first-order valence-corrected chi connectivity index (χ1v) is 9.15. The molecule has 0 bridgehead atoms. The third kappa shape index (κ3) is 3.42. The monoisotopic (exact) mass is 348 g/mol. The van der Waals surface area contributed by atoms with Crippen molar-refractivity contribution in [3.63, 3.8) is 0 Å². The minimum atomic E-state index is -0.429. The molecule has 0 aliphatic carbocycles. The van der Waals surface area contributed by atoms with Crippen LogP contribution in [0.5, 0.6) is 0 Å². The Hall–Kier alpha value is -1.89. The number of nitrogens with zero attached hydrogens (tertiary/aromatic N) is 3. The summed E-state index contributed by atoms with van der Waals surface area (Å²) in [6.07, 6.45) is 3.58. The molecule has 1 unspecified atom stereocenters. The third-order valence-corrected chi connectivity index (χ3v) is 5.83. The number of hydrogen-bond donors (Lipinski definition) is 2. The Labute approximate surface area is 148 Å². The van der Waals surface area contributed by atoms with Crippen molar-refractivity contribution in [1.29, 1.82) is 0 Å². The molecule has 0 saturated carbocycles.